The Kier molecular flexibility index (Phi) is 26.1. The van der Waals surface area contributed by atoms with Gasteiger partial charge in [-0.15, -0.1) is 0 Å². The monoisotopic (exact) mass is 1090 g/mol. The molecule has 16 heteroatoms. The molecule has 16 nitrogen and oxygen atoms in total. The SMILES string of the molecule is COCCC(C)(C)OCCC(C)(C)OC1C[C@@H]2CC[C@@H](C)[C@@](O)(O2)C(=O)C(=O)N2CCCC[C@H]2C(=O)O[C@H]([C@H](C)C[C@@H]2CC[C@@H](O)[C@H](OC)C2)CC(=O)[C@H](C)/C=C(\C)[C@@H](O)[C@@H](OC)C(=O)[C@H](C)C[C@H](C)/C=C/C=CC=C1C. The van der Waals surface area contributed by atoms with E-state index in [4.69, 9.17) is 33.2 Å². The number of allylic oxidation sites excluding steroid dienone is 6. The van der Waals surface area contributed by atoms with Gasteiger partial charge in [-0.25, -0.2) is 4.79 Å². The molecule has 1 saturated carbocycles. The predicted octanol–water partition coefficient (Wildman–Crippen LogP) is 8.55. The average Bonchev–Trinajstić information content (AvgIpc) is 3.38. The Labute approximate surface area is 461 Å². The largest absolute Gasteiger partial charge is 0.460 e. The predicted molar refractivity (Wildman–Crippen MR) is 294 cm³/mol. The highest BCUT2D eigenvalue weighted by Gasteiger charge is 2.53. The van der Waals surface area contributed by atoms with Crippen molar-refractivity contribution < 1.29 is 72.5 Å². The maximum absolute atomic E-state index is 14.6. The van der Waals surface area contributed by atoms with Crippen LogP contribution in [0.15, 0.2) is 47.6 Å². The number of hydrogen-bond acceptors (Lipinski definition) is 15. The van der Waals surface area contributed by atoms with Crippen LogP contribution in [0.2, 0.25) is 0 Å². The molecular weight excluding hydrogens is 987 g/mol. The van der Waals surface area contributed by atoms with E-state index in [2.05, 4.69) is 0 Å². The number of Topliss-reactive ketones (excluding diaryl/α,β-unsaturated/α-hetero) is 3. The summed E-state index contributed by atoms with van der Waals surface area (Å²) in [6.07, 6.45) is 12.0. The highest BCUT2D eigenvalue weighted by atomic mass is 16.6. The molecule has 3 heterocycles. The van der Waals surface area contributed by atoms with E-state index in [0.717, 1.165) is 12.0 Å². The molecule has 77 heavy (non-hydrogen) atoms. The second-order valence-electron chi connectivity index (χ2n) is 24.3. The van der Waals surface area contributed by atoms with E-state index in [1.165, 1.54) is 12.0 Å². The second kappa shape index (κ2) is 30.4. The van der Waals surface area contributed by atoms with Gasteiger partial charge in [-0.1, -0.05) is 71.1 Å². The molecular formula is C61H99NO15. The Morgan fingerprint density at radius 2 is 1.52 bits per heavy atom. The number of rotatable bonds is 14. The van der Waals surface area contributed by atoms with Crippen LogP contribution in [-0.2, 0) is 57.1 Å². The molecule has 1 aliphatic carbocycles. The fraction of sp³-hybridized carbons (Fsp3) is 0.787. The lowest BCUT2D eigenvalue weighted by atomic mass is 9.78. The summed E-state index contributed by atoms with van der Waals surface area (Å²) in [5, 5.41) is 34.4. The van der Waals surface area contributed by atoms with Crippen molar-refractivity contribution >= 4 is 29.2 Å². The van der Waals surface area contributed by atoms with E-state index < -0.39 is 95.1 Å². The topological polar surface area (TPSA) is 214 Å². The first-order chi connectivity index (χ1) is 36.2. The van der Waals surface area contributed by atoms with Gasteiger partial charge in [0, 0.05) is 65.1 Å². The van der Waals surface area contributed by atoms with Crippen LogP contribution < -0.4 is 0 Å². The Morgan fingerprint density at radius 3 is 2.19 bits per heavy atom. The number of aliphatic hydroxyl groups is 3. The van der Waals surface area contributed by atoms with Crippen LogP contribution in [0.3, 0.4) is 0 Å². The van der Waals surface area contributed by atoms with Crippen LogP contribution >= 0.6 is 0 Å². The fourth-order valence-electron chi connectivity index (χ4n) is 11.4. The standard InChI is InChI=1S/C61H99NO15/c1-38-20-16-15-17-21-39(2)51(77-60(10,11)28-31-74-59(8,9)27-30-71-12)36-46-25-23-44(7)61(70,76-46)56(67)57(68)62-29-19-18-22-47(62)58(69)75-50(41(4)34-45-24-26-48(63)52(35-45)72-13)37-49(64)40(3)33-43(6)54(66)55(73-14)53(65)42(5)32-38/h15-17,20-21,33,38,40-42,44-48,50-52,54-55,63,66,70H,18-19,22-32,34-37H2,1-14H3/b17-15?,20-16+,39-21?,43-33+/t38-,40-,41-,42-,44-,45+,46+,47+,48-,50+,51?,52-,54-,55+,61-/m1/s1. The number of amides is 1. The molecule has 0 aromatic carbocycles. The molecule has 15 atom stereocenters. The summed E-state index contributed by atoms with van der Waals surface area (Å²) in [7, 11) is 4.61. The first kappa shape index (κ1) is 66.1. The van der Waals surface area contributed by atoms with Crippen molar-refractivity contribution in [1.82, 2.24) is 4.90 Å². The number of fused-ring (bicyclic) bond motifs is 3. The zero-order chi connectivity index (χ0) is 57.4. The number of esters is 1. The molecule has 4 rings (SSSR count). The third-order valence-electron chi connectivity index (χ3n) is 16.8. The average molecular weight is 1090 g/mol. The van der Waals surface area contributed by atoms with E-state index in [-0.39, 0.29) is 61.2 Å². The Bertz CT molecular complexity index is 2060. The van der Waals surface area contributed by atoms with Gasteiger partial charge >= 0.3 is 5.97 Å². The number of nitrogens with zero attached hydrogens (tertiary/aromatic N) is 1. The zero-order valence-corrected chi connectivity index (χ0v) is 49.3. The molecule has 438 valence electrons. The Morgan fingerprint density at radius 1 is 0.818 bits per heavy atom. The minimum atomic E-state index is -2.49. The molecule has 0 aromatic rings. The Balaban J connectivity index is 1.73. The molecule has 1 amide bonds. The van der Waals surface area contributed by atoms with Gasteiger partial charge in [0.2, 0.25) is 5.79 Å². The lowest BCUT2D eigenvalue weighted by Gasteiger charge is -2.43. The van der Waals surface area contributed by atoms with E-state index >= 15 is 0 Å². The minimum absolute atomic E-state index is 0.0160. The van der Waals surface area contributed by atoms with Crippen molar-refractivity contribution in [3.63, 3.8) is 0 Å². The van der Waals surface area contributed by atoms with Gasteiger partial charge in [0.05, 0.1) is 42.2 Å². The van der Waals surface area contributed by atoms with Crippen molar-refractivity contribution in [3.05, 3.63) is 47.6 Å². The van der Waals surface area contributed by atoms with Crippen LogP contribution in [0, 0.1) is 35.5 Å². The molecule has 0 aromatic heterocycles. The number of piperidine rings is 1. The smallest absolute Gasteiger partial charge is 0.329 e. The third-order valence-corrected chi connectivity index (χ3v) is 16.8. The van der Waals surface area contributed by atoms with E-state index in [9.17, 15) is 39.3 Å². The molecule has 4 aliphatic rings. The number of carbonyl (C=O) groups is 5. The molecule has 2 saturated heterocycles. The van der Waals surface area contributed by atoms with Crippen molar-refractivity contribution in [3.8, 4) is 0 Å². The lowest BCUT2D eigenvalue weighted by Crippen LogP contribution is -2.61. The maximum atomic E-state index is 14.6. The number of ether oxygens (including phenoxy) is 7. The summed E-state index contributed by atoms with van der Waals surface area (Å²) in [5.74, 6) is -8.25. The summed E-state index contributed by atoms with van der Waals surface area (Å²) < 4.78 is 42.4. The summed E-state index contributed by atoms with van der Waals surface area (Å²) >= 11 is 0. The number of aliphatic hydroxyl groups excluding tert-OH is 2. The molecule has 3 aliphatic heterocycles. The molecule has 0 radical (unpaired) electrons. The van der Waals surface area contributed by atoms with Crippen LogP contribution in [0.1, 0.15) is 166 Å². The number of ketones is 3. The maximum Gasteiger partial charge on any atom is 0.329 e. The van der Waals surface area contributed by atoms with Gasteiger partial charge < -0.3 is 53.4 Å². The molecule has 2 bridgehead atoms. The van der Waals surface area contributed by atoms with Gasteiger partial charge in [-0.05, 0) is 147 Å². The second-order valence-corrected chi connectivity index (χ2v) is 24.3. The number of cyclic esters (lactones) is 1. The quantitative estimate of drug-likeness (QED) is 0.0845. The number of methoxy groups -OCH3 is 3. The van der Waals surface area contributed by atoms with E-state index in [0.29, 0.717) is 83.0 Å². The van der Waals surface area contributed by atoms with Gasteiger partial charge in [0.1, 0.15) is 30.1 Å². The normalized spacial score (nSPS) is 35.4. The van der Waals surface area contributed by atoms with Crippen LogP contribution in [0.4, 0.5) is 0 Å². The van der Waals surface area contributed by atoms with E-state index in [1.54, 1.807) is 41.1 Å². The van der Waals surface area contributed by atoms with Crippen molar-refractivity contribution in [2.75, 3.05) is 41.1 Å². The molecule has 3 fully saturated rings. The van der Waals surface area contributed by atoms with Crippen LogP contribution in [-0.4, -0.2) is 156 Å². The molecule has 1 unspecified atom stereocenters. The third kappa shape index (κ3) is 19.4. The zero-order valence-electron chi connectivity index (χ0n) is 49.3. The van der Waals surface area contributed by atoms with Gasteiger partial charge in [-0.2, -0.15) is 0 Å². The summed E-state index contributed by atoms with van der Waals surface area (Å²) in [6.45, 7) is 21.8. The highest BCUT2D eigenvalue weighted by molar-refractivity contribution is 6.39. The van der Waals surface area contributed by atoms with Crippen molar-refractivity contribution in [2.45, 2.75) is 232 Å². The first-order valence-electron chi connectivity index (χ1n) is 28.6. The number of hydrogen-bond donors (Lipinski definition) is 3. The van der Waals surface area contributed by atoms with Gasteiger partial charge in [0.25, 0.3) is 11.7 Å². The minimum Gasteiger partial charge on any atom is -0.460 e. The highest BCUT2D eigenvalue weighted by Crippen LogP contribution is 2.39. The van der Waals surface area contributed by atoms with Gasteiger partial charge in [-0.3, -0.25) is 19.2 Å². The van der Waals surface area contributed by atoms with Gasteiger partial charge in [0.15, 0.2) is 5.78 Å². The summed E-state index contributed by atoms with van der Waals surface area (Å²) in [5.41, 5.74) is 0.141. The molecule has 0 spiro atoms. The lowest BCUT2D eigenvalue weighted by molar-refractivity contribution is -0.267. The van der Waals surface area contributed by atoms with Crippen molar-refractivity contribution in [1.29, 1.82) is 0 Å². The Hall–Kier alpha value is -3.45. The van der Waals surface area contributed by atoms with Crippen LogP contribution in [0.25, 0.3) is 0 Å². The molecule has 3 N–H and O–H groups in total. The summed E-state index contributed by atoms with van der Waals surface area (Å²) in [6, 6.07) is -1.17. The van der Waals surface area contributed by atoms with E-state index in [1.807, 2.05) is 85.8 Å². The summed E-state index contributed by atoms with van der Waals surface area (Å²) in [4.78, 5) is 73.1. The van der Waals surface area contributed by atoms with Crippen molar-refractivity contribution in [2.24, 2.45) is 35.5 Å². The number of carbonyl (C=O) groups excluding carboxylic acids is 5. The fourth-order valence-corrected chi connectivity index (χ4v) is 11.4. The van der Waals surface area contributed by atoms with Crippen LogP contribution in [0.5, 0.6) is 0 Å². The first-order valence-corrected chi connectivity index (χ1v) is 28.6.